The van der Waals surface area contributed by atoms with Gasteiger partial charge in [-0.3, -0.25) is 81.5 Å². The number of ketones is 3. The molecule has 15 amide bonds. The zero-order chi connectivity index (χ0) is 78.0. The van der Waals surface area contributed by atoms with Crippen molar-refractivity contribution in [3.05, 3.63) is 35.4 Å². The first-order chi connectivity index (χ1) is 47.4. The van der Waals surface area contributed by atoms with Crippen LogP contribution in [0.5, 0.6) is 0 Å². The molecule has 0 heterocycles. The third-order valence-electron chi connectivity index (χ3n) is 16.4. The minimum absolute atomic E-state index is 0.0341. The highest BCUT2D eigenvalue weighted by molar-refractivity contribution is 5.96. The number of urea groups is 1. The number of benzene rings is 1. The lowest BCUT2D eigenvalue weighted by molar-refractivity contribution is -0.148. The lowest BCUT2D eigenvalue weighted by Gasteiger charge is -2.27. The van der Waals surface area contributed by atoms with E-state index < -0.39 is 160 Å². The van der Waals surface area contributed by atoms with Gasteiger partial charge in [-0.2, -0.15) is 0 Å². The van der Waals surface area contributed by atoms with E-state index in [4.69, 9.17) is 10.5 Å². The average molecular weight is 1440 g/mol. The number of amides is 15. The fraction of sp³-hybridized carbons (Fsp3) is 0.647. The quantitative estimate of drug-likeness (QED) is 0.0337. The number of ether oxygens (including phenoxy) is 1. The molecule has 0 fully saturated rings. The number of Topliss-reactive ketones (excluding diaryl/α,β-unsaturated/α-hetero) is 3. The molecule has 570 valence electrons. The van der Waals surface area contributed by atoms with Crippen LogP contribution >= 0.6 is 0 Å². The van der Waals surface area contributed by atoms with Gasteiger partial charge < -0.3 is 80.7 Å². The topological polar surface area (TPSA) is 423 Å². The fourth-order valence-electron chi connectivity index (χ4n) is 9.39. The molecule has 3 atom stereocenters. The number of esters is 1. The van der Waals surface area contributed by atoms with E-state index in [1.54, 1.807) is 65.8 Å². The van der Waals surface area contributed by atoms with Crippen LogP contribution in [-0.2, 0) is 99.3 Å². The van der Waals surface area contributed by atoms with Gasteiger partial charge in [0, 0.05) is 128 Å². The number of hydrogen-bond acceptors (Lipinski definition) is 19. The standard InChI is InChI=1S/C68H109N15O19/c1-43(2)50(66(99)73-51(21-19-28-71-68(69)101)52(85)30-47-23-25-48(26-24-47)42-102-67(100)45(5)6)31-49(84)20-18-22-53(86)70-29-27-55(88)75(9)33-57(90)77(11)35-59(92)79(13)37-61(94)81(15)39-63(96)83(17)41-64(97)82(16)40-62(95)80(14)38-60(93)78(12)36-58(91)76(10)34-56(89)74(8)32-54(87)72-46(7)65(98)44(3)4/h23-26,43-46,50-51H,18-22,27-42H2,1-17H3,(H,70,86)(H,72,87)(H,73,99)(H3,69,71,101)/t46-,50-,51-/m0/s1. The Bertz CT molecular complexity index is 3140. The molecule has 0 aliphatic carbocycles. The summed E-state index contributed by atoms with van der Waals surface area (Å²) in [5, 5.41) is 10.4. The molecule has 0 aromatic heterocycles. The fourth-order valence-corrected chi connectivity index (χ4v) is 9.39. The molecule has 0 spiro atoms. The maximum Gasteiger partial charge on any atom is 0.312 e. The zero-order valence-corrected chi connectivity index (χ0v) is 62.4. The van der Waals surface area contributed by atoms with E-state index >= 15 is 0 Å². The minimum Gasteiger partial charge on any atom is -0.461 e. The minimum atomic E-state index is -0.956. The van der Waals surface area contributed by atoms with Gasteiger partial charge in [-0.15, -0.1) is 0 Å². The molecule has 1 aromatic rings. The summed E-state index contributed by atoms with van der Waals surface area (Å²) in [5.74, 6) is -10.7. The molecule has 1 aromatic carbocycles. The normalized spacial score (nSPS) is 11.7. The summed E-state index contributed by atoms with van der Waals surface area (Å²) in [4.78, 5) is 242. The number of rotatable bonds is 45. The molecule has 0 aliphatic rings. The van der Waals surface area contributed by atoms with Gasteiger partial charge in [0.2, 0.25) is 76.8 Å². The first kappa shape index (κ1) is 90.1. The molecule has 6 N–H and O–H groups in total. The summed E-state index contributed by atoms with van der Waals surface area (Å²) in [7, 11) is 13.2. The highest BCUT2D eigenvalue weighted by Crippen LogP contribution is 2.20. The van der Waals surface area contributed by atoms with Gasteiger partial charge >= 0.3 is 12.0 Å². The number of hydrogen-bond donors (Lipinski definition) is 5. The van der Waals surface area contributed by atoms with Crippen molar-refractivity contribution in [3.8, 4) is 0 Å². The summed E-state index contributed by atoms with van der Waals surface area (Å²) in [6.45, 7) is 7.36. The van der Waals surface area contributed by atoms with E-state index in [-0.39, 0.29) is 112 Å². The Morgan fingerprint density at radius 1 is 0.412 bits per heavy atom. The van der Waals surface area contributed by atoms with Crippen molar-refractivity contribution in [2.75, 3.05) is 149 Å². The van der Waals surface area contributed by atoms with Crippen molar-refractivity contribution >= 4 is 106 Å². The van der Waals surface area contributed by atoms with Crippen LogP contribution in [0.2, 0.25) is 0 Å². The predicted molar refractivity (Wildman–Crippen MR) is 372 cm³/mol. The summed E-state index contributed by atoms with van der Waals surface area (Å²) in [5.41, 5.74) is 6.58. The lowest BCUT2D eigenvalue weighted by atomic mass is 9.88. The molecule has 102 heavy (non-hydrogen) atoms. The Hall–Kier alpha value is -9.92. The molecule has 0 saturated heterocycles. The van der Waals surface area contributed by atoms with E-state index in [0.717, 1.165) is 54.6 Å². The largest absolute Gasteiger partial charge is 0.461 e. The molecule has 34 nitrogen and oxygen atoms in total. The predicted octanol–water partition coefficient (Wildman–Crippen LogP) is -2.35. The average Bonchev–Trinajstić information content (AvgIpc) is 0.846. The van der Waals surface area contributed by atoms with Crippen LogP contribution in [0.15, 0.2) is 24.3 Å². The van der Waals surface area contributed by atoms with Crippen molar-refractivity contribution in [1.82, 2.24) is 70.3 Å². The van der Waals surface area contributed by atoms with E-state index in [2.05, 4.69) is 21.3 Å². The van der Waals surface area contributed by atoms with Gasteiger partial charge in [0.25, 0.3) is 0 Å². The summed E-state index contributed by atoms with van der Waals surface area (Å²) >= 11 is 0. The van der Waals surface area contributed by atoms with Crippen molar-refractivity contribution in [2.45, 2.75) is 119 Å². The second-order valence-electron chi connectivity index (χ2n) is 26.6. The monoisotopic (exact) mass is 1440 g/mol. The number of likely N-dealkylation sites (N-methyl/N-ethyl adjacent to an activating group) is 10. The molecule has 0 radical (unpaired) electrons. The van der Waals surface area contributed by atoms with Gasteiger partial charge in [-0.25, -0.2) is 4.79 Å². The van der Waals surface area contributed by atoms with Gasteiger partial charge in [0.1, 0.15) is 12.4 Å². The summed E-state index contributed by atoms with van der Waals surface area (Å²) in [6.07, 6.45) is 0.129. The number of nitrogens with two attached hydrogens (primary N) is 1. The number of carbonyl (C=O) groups is 18. The molecule has 1 rings (SSSR count). The molecular formula is C68H109N15O19. The molecule has 0 aliphatic heterocycles. The van der Waals surface area contributed by atoms with Gasteiger partial charge in [-0.05, 0) is 43.2 Å². The van der Waals surface area contributed by atoms with E-state index in [0.29, 0.717) is 12.0 Å². The van der Waals surface area contributed by atoms with Crippen molar-refractivity contribution in [2.24, 2.45) is 29.4 Å². The zero-order valence-electron chi connectivity index (χ0n) is 62.4. The second kappa shape index (κ2) is 45.1. The number of nitrogens with zero attached hydrogens (tertiary/aromatic N) is 10. The number of primary amides is 1. The number of nitrogens with one attached hydrogen (secondary N) is 4. The van der Waals surface area contributed by atoms with Crippen LogP contribution in [0.3, 0.4) is 0 Å². The molecule has 34 heteroatoms. The van der Waals surface area contributed by atoms with Crippen molar-refractivity contribution < 1.29 is 91.0 Å². The maximum absolute atomic E-state index is 13.7. The van der Waals surface area contributed by atoms with Gasteiger partial charge in [0.05, 0.1) is 83.4 Å². The first-order valence-electron chi connectivity index (χ1n) is 33.6. The van der Waals surface area contributed by atoms with Crippen LogP contribution in [0.1, 0.15) is 105 Å². The van der Waals surface area contributed by atoms with E-state index in [1.165, 1.54) is 77.4 Å². The Morgan fingerprint density at radius 2 is 0.784 bits per heavy atom. The lowest BCUT2D eigenvalue weighted by Crippen LogP contribution is -2.49. The first-order valence-corrected chi connectivity index (χ1v) is 33.6. The molecule has 0 bridgehead atoms. The van der Waals surface area contributed by atoms with Crippen LogP contribution in [-0.4, -0.2) is 316 Å². The Labute approximate surface area is 597 Å². The van der Waals surface area contributed by atoms with Crippen LogP contribution in [0.25, 0.3) is 0 Å². The van der Waals surface area contributed by atoms with Gasteiger partial charge in [-0.1, -0.05) is 65.8 Å². The SMILES string of the molecule is CC(C)C(=O)OCc1ccc(CC(=O)[C@H](CCCNC(N)=O)NC(=O)[C@@H](CC(=O)CCCC(=O)NCCC(=O)N(C)CC(=O)N(C)CC(=O)N(C)CC(=O)N(C)CC(=O)N(C)CC(=O)N(C)CC(=O)N(C)CC(=O)N(C)CC(=O)N(C)CC(=O)N(C)CC(=O)N[C@@H](C)C(=O)C(C)C)C(C)C)cc1. The van der Waals surface area contributed by atoms with Gasteiger partial charge in [0.15, 0.2) is 11.6 Å². The van der Waals surface area contributed by atoms with Crippen LogP contribution in [0.4, 0.5) is 4.79 Å². The third kappa shape index (κ3) is 34.4. The van der Waals surface area contributed by atoms with E-state index in [1.807, 2.05) is 0 Å². The third-order valence-corrected chi connectivity index (χ3v) is 16.4. The Kier molecular flexibility index (Phi) is 39.8. The van der Waals surface area contributed by atoms with Crippen molar-refractivity contribution in [1.29, 1.82) is 0 Å². The molecular weight excluding hydrogens is 1330 g/mol. The van der Waals surface area contributed by atoms with E-state index in [9.17, 15) is 86.3 Å². The highest BCUT2D eigenvalue weighted by Gasteiger charge is 2.31. The second-order valence-corrected chi connectivity index (χ2v) is 26.6. The Morgan fingerprint density at radius 3 is 1.15 bits per heavy atom. The van der Waals surface area contributed by atoms with Crippen molar-refractivity contribution in [3.63, 3.8) is 0 Å². The molecule has 0 unspecified atom stereocenters. The highest BCUT2D eigenvalue weighted by atomic mass is 16.5. The van der Waals surface area contributed by atoms with Crippen LogP contribution in [0, 0.1) is 23.7 Å². The Balaban J connectivity index is 2.58. The smallest absolute Gasteiger partial charge is 0.312 e. The maximum atomic E-state index is 13.7. The van der Waals surface area contributed by atoms with Crippen LogP contribution < -0.4 is 27.0 Å². The summed E-state index contributed by atoms with van der Waals surface area (Å²) in [6, 6.07) is 4.47. The molecule has 0 saturated carbocycles. The number of carbonyl (C=O) groups excluding carboxylic acids is 18. The summed E-state index contributed by atoms with van der Waals surface area (Å²) < 4.78 is 5.27.